The van der Waals surface area contributed by atoms with Gasteiger partial charge in [-0.15, -0.1) is 0 Å². The van der Waals surface area contributed by atoms with Crippen molar-refractivity contribution in [1.82, 2.24) is 29.9 Å². The molecule has 0 saturated carbocycles. The molecule has 3 heterocycles. The first-order valence-corrected chi connectivity index (χ1v) is 8.95. The molecule has 1 aliphatic carbocycles. The first-order chi connectivity index (χ1) is 14.4. The van der Waals surface area contributed by atoms with Gasteiger partial charge in [-0.25, -0.2) is 4.68 Å². The van der Waals surface area contributed by atoms with Crippen LogP contribution in [0.2, 0.25) is 0 Å². The number of hydrogen-bond donors (Lipinski definition) is 1. The molecule has 0 aliphatic heterocycles. The van der Waals surface area contributed by atoms with Crippen molar-refractivity contribution in [3.8, 4) is 5.69 Å². The van der Waals surface area contributed by atoms with Crippen LogP contribution < -0.4 is 5.32 Å². The van der Waals surface area contributed by atoms with Gasteiger partial charge in [-0.1, -0.05) is 0 Å². The standard InChI is InChI=1S/C18H14F6N6O/c1-29-13(7-15(28-29)18(22,23)24)16(31)26-10-4-9-8-30(27-12(9)5-10)11-2-3-25-14(6-11)17(19,20)21/h2-3,6-8,10H,4-5H2,1H3,(H,26,31)/t10-/m1/s1. The lowest BCUT2D eigenvalue weighted by atomic mass is 10.2. The number of nitrogens with one attached hydrogen (secondary N) is 1. The van der Waals surface area contributed by atoms with Gasteiger partial charge in [-0.3, -0.25) is 14.5 Å². The summed E-state index contributed by atoms with van der Waals surface area (Å²) < 4.78 is 79.0. The number of carbonyl (C=O) groups excluding carboxylic acids is 1. The molecule has 7 nitrogen and oxygen atoms in total. The lowest BCUT2D eigenvalue weighted by molar-refractivity contribution is -0.142. The van der Waals surface area contributed by atoms with Crippen molar-refractivity contribution in [3.63, 3.8) is 0 Å². The van der Waals surface area contributed by atoms with Crippen molar-refractivity contribution in [1.29, 1.82) is 0 Å². The third-order valence-electron chi connectivity index (χ3n) is 4.82. The molecule has 3 aromatic rings. The van der Waals surface area contributed by atoms with Crippen LogP contribution in [0.3, 0.4) is 0 Å². The number of pyridine rings is 1. The van der Waals surface area contributed by atoms with Crippen LogP contribution in [0.15, 0.2) is 30.6 Å². The molecule has 4 rings (SSSR count). The molecule has 164 valence electrons. The molecule has 0 radical (unpaired) electrons. The summed E-state index contributed by atoms with van der Waals surface area (Å²) in [7, 11) is 1.24. The fraction of sp³-hybridized carbons (Fsp3) is 0.333. The fourth-order valence-electron chi connectivity index (χ4n) is 3.39. The molecule has 0 spiro atoms. The van der Waals surface area contributed by atoms with Gasteiger partial charge in [-0.05, 0) is 24.1 Å². The van der Waals surface area contributed by atoms with E-state index in [4.69, 9.17) is 0 Å². The van der Waals surface area contributed by atoms with Crippen molar-refractivity contribution >= 4 is 5.91 Å². The maximum absolute atomic E-state index is 12.9. The number of amides is 1. The Hall–Kier alpha value is -3.38. The average Bonchev–Trinajstić information content (AvgIpc) is 3.33. The van der Waals surface area contributed by atoms with Crippen LogP contribution in [0.1, 0.15) is 33.1 Å². The summed E-state index contributed by atoms with van der Waals surface area (Å²) in [5.74, 6) is -0.711. The second-order valence-corrected chi connectivity index (χ2v) is 7.06. The second kappa shape index (κ2) is 7.10. The minimum atomic E-state index is -4.66. The van der Waals surface area contributed by atoms with Crippen LogP contribution >= 0.6 is 0 Å². The predicted molar refractivity (Wildman–Crippen MR) is 93.2 cm³/mol. The Kier molecular flexibility index (Phi) is 4.78. The maximum atomic E-state index is 12.9. The monoisotopic (exact) mass is 444 g/mol. The van der Waals surface area contributed by atoms with Crippen LogP contribution in [0.25, 0.3) is 5.69 Å². The smallest absolute Gasteiger partial charge is 0.347 e. The van der Waals surface area contributed by atoms with E-state index < -0.39 is 35.7 Å². The number of nitrogens with zero attached hydrogens (tertiary/aromatic N) is 5. The summed E-state index contributed by atoms with van der Waals surface area (Å²) in [6, 6.07) is 2.53. The average molecular weight is 444 g/mol. The fourth-order valence-corrected chi connectivity index (χ4v) is 3.39. The highest BCUT2D eigenvalue weighted by Crippen LogP contribution is 2.30. The predicted octanol–water partition coefficient (Wildman–Crippen LogP) is 2.94. The Balaban J connectivity index is 1.46. The molecule has 1 aliphatic rings. The zero-order valence-corrected chi connectivity index (χ0v) is 15.8. The summed E-state index contributed by atoms with van der Waals surface area (Å²) in [6.45, 7) is 0. The van der Waals surface area contributed by atoms with Crippen LogP contribution in [0, 0.1) is 0 Å². The number of carbonyl (C=O) groups is 1. The van der Waals surface area contributed by atoms with E-state index in [0.29, 0.717) is 18.2 Å². The number of aromatic nitrogens is 5. The van der Waals surface area contributed by atoms with E-state index in [0.717, 1.165) is 22.5 Å². The minimum absolute atomic E-state index is 0.187. The SMILES string of the molecule is Cn1nc(C(F)(F)F)cc1C(=O)N[C@@H]1Cc2cn(-c3ccnc(C(F)(F)F)c3)nc2C1. The highest BCUT2D eigenvalue weighted by molar-refractivity contribution is 5.93. The number of rotatable bonds is 3. The molecule has 1 N–H and O–H groups in total. The van der Waals surface area contributed by atoms with Crippen LogP contribution in [-0.4, -0.2) is 36.5 Å². The number of halogens is 6. The summed E-state index contributed by atoms with van der Waals surface area (Å²) in [6.07, 6.45) is -6.03. The molecular weight excluding hydrogens is 430 g/mol. The van der Waals surface area contributed by atoms with Crippen LogP contribution in [-0.2, 0) is 32.2 Å². The van der Waals surface area contributed by atoms with E-state index in [1.165, 1.54) is 17.8 Å². The summed E-state index contributed by atoms with van der Waals surface area (Å²) in [5.41, 5.74) is -0.958. The zero-order chi connectivity index (χ0) is 22.6. The number of aryl methyl sites for hydroxylation is 1. The van der Waals surface area contributed by atoms with E-state index in [9.17, 15) is 31.1 Å². The van der Waals surface area contributed by atoms with Crippen LogP contribution in [0.4, 0.5) is 26.3 Å². The second-order valence-electron chi connectivity index (χ2n) is 7.06. The first-order valence-electron chi connectivity index (χ1n) is 8.95. The Morgan fingerprint density at radius 1 is 1.06 bits per heavy atom. The summed E-state index contributed by atoms with van der Waals surface area (Å²) in [5, 5.41) is 10.2. The topological polar surface area (TPSA) is 77.6 Å². The Morgan fingerprint density at radius 2 is 1.77 bits per heavy atom. The van der Waals surface area contributed by atoms with Crippen molar-refractivity contribution < 1.29 is 31.1 Å². The summed E-state index contributed by atoms with van der Waals surface area (Å²) >= 11 is 0. The number of alkyl halides is 6. The number of hydrogen-bond acceptors (Lipinski definition) is 4. The van der Waals surface area contributed by atoms with Gasteiger partial charge in [0.25, 0.3) is 5.91 Å². The van der Waals surface area contributed by atoms with E-state index in [1.807, 2.05) is 0 Å². The number of fused-ring (bicyclic) bond motifs is 1. The van der Waals surface area contributed by atoms with E-state index in [-0.39, 0.29) is 17.8 Å². The highest BCUT2D eigenvalue weighted by atomic mass is 19.4. The molecule has 3 aromatic heterocycles. The largest absolute Gasteiger partial charge is 0.435 e. The van der Waals surface area contributed by atoms with Crippen molar-refractivity contribution in [3.05, 3.63) is 58.9 Å². The lowest BCUT2D eigenvalue weighted by Gasteiger charge is -2.12. The Morgan fingerprint density at radius 3 is 2.39 bits per heavy atom. The maximum Gasteiger partial charge on any atom is 0.435 e. The highest BCUT2D eigenvalue weighted by Gasteiger charge is 2.36. The minimum Gasteiger partial charge on any atom is -0.347 e. The van der Waals surface area contributed by atoms with Crippen LogP contribution in [0.5, 0.6) is 0 Å². The lowest BCUT2D eigenvalue weighted by Crippen LogP contribution is -2.36. The third kappa shape index (κ3) is 4.11. The molecule has 0 fully saturated rings. The molecule has 0 saturated heterocycles. The molecule has 0 unspecified atom stereocenters. The Labute approximate surface area is 170 Å². The van der Waals surface area contributed by atoms with Gasteiger partial charge in [0, 0.05) is 38.0 Å². The molecule has 31 heavy (non-hydrogen) atoms. The molecular formula is C18H14F6N6O. The van der Waals surface area contributed by atoms with Crippen molar-refractivity contribution in [2.24, 2.45) is 7.05 Å². The van der Waals surface area contributed by atoms with Gasteiger partial charge < -0.3 is 5.32 Å². The molecule has 1 atom stereocenters. The van der Waals surface area contributed by atoms with Gasteiger partial charge in [-0.2, -0.15) is 36.5 Å². The van der Waals surface area contributed by atoms with E-state index >= 15 is 0 Å². The quantitative estimate of drug-likeness (QED) is 0.631. The first kappa shape index (κ1) is 20.9. The van der Waals surface area contributed by atoms with E-state index in [1.54, 1.807) is 6.20 Å². The summed E-state index contributed by atoms with van der Waals surface area (Å²) in [4.78, 5) is 15.7. The van der Waals surface area contributed by atoms with Gasteiger partial charge >= 0.3 is 12.4 Å². The Bertz CT molecular complexity index is 1120. The molecule has 13 heteroatoms. The van der Waals surface area contributed by atoms with E-state index in [2.05, 4.69) is 20.5 Å². The van der Waals surface area contributed by atoms with Gasteiger partial charge in [0.05, 0.1) is 11.4 Å². The van der Waals surface area contributed by atoms with Gasteiger partial charge in [0.15, 0.2) is 5.69 Å². The third-order valence-corrected chi connectivity index (χ3v) is 4.82. The molecule has 0 bridgehead atoms. The van der Waals surface area contributed by atoms with Crippen molar-refractivity contribution in [2.75, 3.05) is 0 Å². The zero-order valence-electron chi connectivity index (χ0n) is 15.8. The molecule has 1 amide bonds. The van der Waals surface area contributed by atoms with Gasteiger partial charge in [0.2, 0.25) is 0 Å². The normalized spacial score (nSPS) is 16.4. The van der Waals surface area contributed by atoms with Gasteiger partial charge in [0.1, 0.15) is 11.4 Å². The molecule has 0 aromatic carbocycles. The van der Waals surface area contributed by atoms with Crippen molar-refractivity contribution in [2.45, 2.75) is 31.2 Å².